The van der Waals surface area contributed by atoms with E-state index in [0.717, 1.165) is 46.9 Å². The maximum atomic E-state index is 6.31. The summed E-state index contributed by atoms with van der Waals surface area (Å²) >= 11 is 0. The fraction of sp³-hybridized carbons (Fsp3) is 0.250. The molecule has 1 aliphatic rings. The van der Waals surface area contributed by atoms with Crippen molar-refractivity contribution in [3.05, 3.63) is 78.1 Å². The third-order valence-corrected chi connectivity index (χ3v) is 5.25. The molecule has 3 aromatic rings. The Labute approximate surface area is 171 Å². The average molecular weight is 386 g/mol. The van der Waals surface area contributed by atoms with Crippen LogP contribution in [0.2, 0.25) is 0 Å². The normalized spacial score (nSPS) is 14.7. The molecule has 29 heavy (non-hydrogen) atoms. The van der Waals surface area contributed by atoms with Crippen molar-refractivity contribution in [3.63, 3.8) is 0 Å². The fourth-order valence-electron chi connectivity index (χ4n) is 3.84. The summed E-state index contributed by atoms with van der Waals surface area (Å²) in [5.74, 6) is 2.85. The zero-order valence-electron chi connectivity index (χ0n) is 16.6. The Morgan fingerprint density at radius 1 is 1.03 bits per heavy atom. The Kier molecular flexibility index (Phi) is 5.75. The molecule has 0 unspecified atom stereocenters. The van der Waals surface area contributed by atoms with E-state index in [2.05, 4.69) is 27.4 Å². The van der Waals surface area contributed by atoms with Crippen molar-refractivity contribution in [3.8, 4) is 11.5 Å². The number of hydrogen-bond donors (Lipinski definition) is 2. The van der Waals surface area contributed by atoms with E-state index in [-0.39, 0.29) is 0 Å². The van der Waals surface area contributed by atoms with Crippen molar-refractivity contribution in [1.82, 2.24) is 9.97 Å². The van der Waals surface area contributed by atoms with Crippen LogP contribution in [-0.4, -0.2) is 16.0 Å². The Hall–Kier alpha value is -3.34. The van der Waals surface area contributed by atoms with Gasteiger partial charge < -0.3 is 15.8 Å². The third-order valence-electron chi connectivity index (χ3n) is 5.25. The lowest BCUT2D eigenvalue weighted by atomic mass is 9.97. The summed E-state index contributed by atoms with van der Waals surface area (Å²) in [6.45, 7) is 2.01. The number of nitrogens with one attached hydrogen (secondary N) is 1. The van der Waals surface area contributed by atoms with Gasteiger partial charge in [0.25, 0.3) is 0 Å². The number of nitrogens with two attached hydrogens (primary N) is 1. The van der Waals surface area contributed by atoms with E-state index in [4.69, 9.17) is 10.5 Å². The van der Waals surface area contributed by atoms with Gasteiger partial charge in [-0.1, -0.05) is 49.2 Å². The van der Waals surface area contributed by atoms with Crippen LogP contribution in [0.25, 0.3) is 5.57 Å². The molecule has 0 atom stereocenters. The predicted octanol–water partition coefficient (Wildman–Crippen LogP) is 5.66. The van der Waals surface area contributed by atoms with E-state index in [9.17, 15) is 0 Å². The van der Waals surface area contributed by atoms with Crippen molar-refractivity contribution in [1.29, 1.82) is 0 Å². The predicted molar refractivity (Wildman–Crippen MR) is 118 cm³/mol. The van der Waals surface area contributed by atoms with Gasteiger partial charge in [0, 0.05) is 6.04 Å². The number of nitrogens with zero attached hydrogens (tertiary/aromatic N) is 2. The Balaban J connectivity index is 1.67. The minimum Gasteiger partial charge on any atom is -0.457 e. The highest BCUT2D eigenvalue weighted by atomic mass is 16.5. The van der Waals surface area contributed by atoms with Crippen LogP contribution in [0, 0.1) is 0 Å². The molecule has 3 N–H and O–H groups in total. The Morgan fingerprint density at radius 3 is 2.55 bits per heavy atom. The molecule has 1 saturated carbocycles. The number of para-hydroxylation sites is 1. The first-order valence-corrected chi connectivity index (χ1v) is 10.1. The largest absolute Gasteiger partial charge is 0.457 e. The monoisotopic (exact) mass is 386 g/mol. The summed E-state index contributed by atoms with van der Waals surface area (Å²) in [6, 6.07) is 18.2. The number of anilines is 2. The lowest BCUT2D eigenvalue weighted by Crippen LogP contribution is -2.18. The van der Waals surface area contributed by atoms with Crippen molar-refractivity contribution >= 4 is 17.2 Å². The van der Waals surface area contributed by atoms with Crippen LogP contribution in [0.5, 0.6) is 11.5 Å². The molecule has 1 heterocycles. The highest BCUT2D eigenvalue weighted by Gasteiger charge is 2.20. The van der Waals surface area contributed by atoms with Gasteiger partial charge in [0.1, 0.15) is 29.5 Å². The van der Waals surface area contributed by atoms with Crippen LogP contribution < -0.4 is 15.8 Å². The van der Waals surface area contributed by atoms with Crippen LogP contribution >= 0.6 is 0 Å². The maximum absolute atomic E-state index is 6.31. The molecule has 0 aliphatic heterocycles. The van der Waals surface area contributed by atoms with E-state index in [1.165, 1.54) is 19.2 Å². The van der Waals surface area contributed by atoms with Crippen molar-refractivity contribution in [2.24, 2.45) is 0 Å². The van der Waals surface area contributed by atoms with Gasteiger partial charge in [0.2, 0.25) is 0 Å². The molecule has 5 nitrogen and oxygen atoms in total. The minimum atomic E-state index is 0.439. The zero-order chi connectivity index (χ0) is 20.1. The van der Waals surface area contributed by atoms with E-state index in [0.29, 0.717) is 11.9 Å². The van der Waals surface area contributed by atoms with Crippen LogP contribution in [-0.2, 0) is 0 Å². The minimum absolute atomic E-state index is 0.439. The van der Waals surface area contributed by atoms with Gasteiger partial charge in [-0.2, -0.15) is 0 Å². The van der Waals surface area contributed by atoms with E-state index < -0.39 is 0 Å². The Morgan fingerprint density at radius 2 is 1.79 bits per heavy atom. The van der Waals surface area contributed by atoms with Crippen molar-refractivity contribution < 1.29 is 4.74 Å². The van der Waals surface area contributed by atoms with E-state index in [1.54, 1.807) is 0 Å². The van der Waals surface area contributed by atoms with Gasteiger partial charge in [0.15, 0.2) is 0 Å². The first-order valence-electron chi connectivity index (χ1n) is 10.1. The molecule has 0 spiro atoms. The SMILES string of the molecule is C/C=C(/c1cccc(Oc2ccccc2)c1)c1c(N)ncnc1NC1CCCC1. The summed E-state index contributed by atoms with van der Waals surface area (Å²) in [6.07, 6.45) is 8.41. The summed E-state index contributed by atoms with van der Waals surface area (Å²) in [4.78, 5) is 8.77. The second kappa shape index (κ2) is 8.78. The lowest BCUT2D eigenvalue weighted by Gasteiger charge is -2.19. The first kappa shape index (κ1) is 19.0. The molecule has 148 valence electrons. The van der Waals surface area contributed by atoms with Gasteiger partial charge in [-0.15, -0.1) is 0 Å². The van der Waals surface area contributed by atoms with E-state index in [1.807, 2.05) is 55.5 Å². The molecule has 1 fully saturated rings. The molecule has 5 heteroatoms. The summed E-state index contributed by atoms with van der Waals surface area (Å²) in [5, 5.41) is 3.59. The van der Waals surface area contributed by atoms with Crippen molar-refractivity contribution in [2.45, 2.75) is 38.6 Å². The lowest BCUT2D eigenvalue weighted by molar-refractivity contribution is 0.482. The van der Waals surface area contributed by atoms with Gasteiger partial charge >= 0.3 is 0 Å². The number of benzene rings is 2. The standard InChI is InChI=1S/C24H26N4O/c1-2-21(17-9-8-14-20(15-17)29-19-12-4-3-5-13-19)22-23(25)26-16-27-24(22)28-18-10-6-7-11-18/h2-5,8-9,12-16,18H,6-7,10-11H2,1H3,(H3,25,26,27,28)/b21-2-. The number of hydrogen-bond acceptors (Lipinski definition) is 5. The van der Waals surface area contributed by atoms with Gasteiger partial charge in [0.05, 0.1) is 5.56 Å². The molecule has 0 bridgehead atoms. The molecule has 0 radical (unpaired) electrons. The van der Waals surface area contributed by atoms with Crippen molar-refractivity contribution in [2.75, 3.05) is 11.1 Å². The van der Waals surface area contributed by atoms with Crippen LogP contribution in [0.15, 0.2) is 67.0 Å². The van der Waals surface area contributed by atoms with Crippen LogP contribution in [0.4, 0.5) is 11.6 Å². The quantitative estimate of drug-likeness (QED) is 0.572. The molecule has 2 aromatic carbocycles. The second-order valence-electron chi connectivity index (χ2n) is 7.25. The second-order valence-corrected chi connectivity index (χ2v) is 7.25. The van der Waals surface area contributed by atoms with Gasteiger partial charge in [-0.25, -0.2) is 9.97 Å². The average Bonchev–Trinajstić information content (AvgIpc) is 3.25. The third kappa shape index (κ3) is 4.40. The summed E-state index contributed by atoms with van der Waals surface area (Å²) in [5.41, 5.74) is 9.15. The number of rotatable bonds is 6. The molecule has 1 aliphatic carbocycles. The Bertz CT molecular complexity index is 995. The molecular formula is C24H26N4O. The number of nitrogen functional groups attached to an aromatic ring is 1. The molecular weight excluding hydrogens is 360 g/mol. The fourth-order valence-corrected chi connectivity index (χ4v) is 3.84. The first-order chi connectivity index (χ1) is 14.2. The smallest absolute Gasteiger partial charge is 0.139 e. The summed E-state index contributed by atoms with van der Waals surface area (Å²) < 4.78 is 6.01. The number of ether oxygens (including phenoxy) is 1. The number of aromatic nitrogens is 2. The van der Waals surface area contributed by atoms with Crippen LogP contribution in [0.3, 0.4) is 0 Å². The topological polar surface area (TPSA) is 73.1 Å². The zero-order valence-corrected chi connectivity index (χ0v) is 16.6. The molecule has 0 saturated heterocycles. The van der Waals surface area contributed by atoms with E-state index >= 15 is 0 Å². The highest BCUT2D eigenvalue weighted by Crippen LogP contribution is 2.35. The molecule has 0 amide bonds. The maximum Gasteiger partial charge on any atom is 0.139 e. The molecule has 1 aromatic heterocycles. The summed E-state index contributed by atoms with van der Waals surface area (Å²) in [7, 11) is 0. The highest BCUT2D eigenvalue weighted by molar-refractivity contribution is 5.89. The van der Waals surface area contributed by atoms with Gasteiger partial charge in [-0.05, 0) is 55.2 Å². The molecule has 4 rings (SSSR count). The van der Waals surface area contributed by atoms with Crippen LogP contribution in [0.1, 0.15) is 43.7 Å². The van der Waals surface area contributed by atoms with Gasteiger partial charge in [-0.3, -0.25) is 0 Å². The number of allylic oxidation sites excluding steroid dienone is 1.